The minimum atomic E-state index is -0.452. The number of aromatic nitrogens is 1. The molecular formula is C20H25NO4. The minimum Gasteiger partial charge on any atom is -0.485 e. The highest BCUT2D eigenvalue weighted by Gasteiger charge is 2.22. The third-order valence-electron chi connectivity index (χ3n) is 4.11. The molecule has 5 heteroatoms. The van der Waals surface area contributed by atoms with Crippen LogP contribution in [0.2, 0.25) is 0 Å². The van der Waals surface area contributed by atoms with Crippen molar-refractivity contribution in [1.82, 2.24) is 4.98 Å². The highest BCUT2D eigenvalue weighted by Crippen LogP contribution is 2.21. The fourth-order valence-corrected chi connectivity index (χ4v) is 2.75. The number of carbonyl (C=O) groups excluding carboxylic acids is 2. The van der Waals surface area contributed by atoms with E-state index < -0.39 is 5.97 Å². The first kappa shape index (κ1) is 18.8. The van der Waals surface area contributed by atoms with Gasteiger partial charge < -0.3 is 14.5 Å². The minimum absolute atomic E-state index is 0.0805. The molecule has 1 aromatic carbocycles. The predicted octanol–water partition coefficient (Wildman–Crippen LogP) is 4.19. The summed E-state index contributed by atoms with van der Waals surface area (Å²) < 4.78 is 10.6. The maximum absolute atomic E-state index is 12.5. The number of hydrogen-bond donors (Lipinski definition) is 1. The number of rotatable bonds is 7. The molecule has 0 saturated heterocycles. The summed E-state index contributed by atoms with van der Waals surface area (Å²) in [5, 5.41) is 0. The second-order valence-electron chi connectivity index (χ2n) is 6.28. The molecule has 0 aliphatic rings. The summed E-state index contributed by atoms with van der Waals surface area (Å²) in [6, 6.07) is 7.72. The fraction of sp³-hybridized carbons (Fsp3) is 0.400. The van der Waals surface area contributed by atoms with Crippen LogP contribution in [0.15, 0.2) is 24.3 Å². The van der Waals surface area contributed by atoms with Gasteiger partial charge in [0.15, 0.2) is 6.61 Å². The van der Waals surface area contributed by atoms with Crippen molar-refractivity contribution >= 4 is 11.8 Å². The van der Waals surface area contributed by atoms with E-state index >= 15 is 0 Å². The Morgan fingerprint density at radius 2 is 1.76 bits per heavy atom. The van der Waals surface area contributed by atoms with Crippen LogP contribution in [0, 0.1) is 13.8 Å². The second-order valence-corrected chi connectivity index (χ2v) is 6.28. The Labute approximate surface area is 148 Å². The third kappa shape index (κ3) is 4.29. The van der Waals surface area contributed by atoms with Crippen molar-refractivity contribution < 1.29 is 19.1 Å². The average Bonchev–Trinajstić information content (AvgIpc) is 2.88. The number of aromatic amines is 1. The molecule has 1 heterocycles. The highest BCUT2D eigenvalue weighted by atomic mass is 16.5. The molecule has 0 amide bonds. The molecule has 2 rings (SSSR count). The number of hydrogen-bond acceptors (Lipinski definition) is 4. The zero-order chi connectivity index (χ0) is 18.6. The summed E-state index contributed by atoms with van der Waals surface area (Å²) in [6.45, 7) is 9.70. The summed E-state index contributed by atoms with van der Waals surface area (Å²) >= 11 is 0. The van der Waals surface area contributed by atoms with Gasteiger partial charge in [0.05, 0.1) is 6.61 Å². The zero-order valence-electron chi connectivity index (χ0n) is 15.4. The van der Waals surface area contributed by atoms with Gasteiger partial charge in [0.25, 0.3) is 0 Å². The van der Waals surface area contributed by atoms with Gasteiger partial charge in [-0.15, -0.1) is 0 Å². The monoisotopic (exact) mass is 343 g/mol. The lowest BCUT2D eigenvalue weighted by Gasteiger charge is -2.09. The van der Waals surface area contributed by atoms with Crippen LogP contribution in [0.3, 0.4) is 0 Å². The van der Waals surface area contributed by atoms with Crippen LogP contribution < -0.4 is 4.74 Å². The Balaban J connectivity index is 2.09. The van der Waals surface area contributed by atoms with Crippen molar-refractivity contribution in [3.8, 4) is 5.75 Å². The molecule has 25 heavy (non-hydrogen) atoms. The van der Waals surface area contributed by atoms with Gasteiger partial charge in [-0.1, -0.05) is 26.0 Å². The van der Waals surface area contributed by atoms with Crippen molar-refractivity contribution in [2.75, 3.05) is 13.2 Å². The van der Waals surface area contributed by atoms with Gasteiger partial charge in [0, 0.05) is 11.3 Å². The van der Waals surface area contributed by atoms with Crippen LogP contribution in [-0.4, -0.2) is 30.0 Å². The van der Waals surface area contributed by atoms with E-state index in [0.717, 1.165) is 0 Å². The molecule has 0 fully saturated rings. The maximum atomic E-state index is 12.5. The molecule has 0 spiro atoms. The van der Waals surface area contributed by atoms with Crippen LogP contribution in [0.25, 0.3) is 0 Å². The quantitative estimate of drug-likeness (QED) is 0.604. The fourth-order valence-electron chi connectivity index (χ4n) is 2.75. The van der Waals surface area contributed by atoms with Crippen LogP contribution >= 0.6 is 0 Å². The summed E-state index contributed by atoms with van der Waals surface area (Å²) in [4.78, 5) is 27.4. The molecule has 0 radical (unpaired) electrons. The molecule has 0 unspecified atom stereocenters. The Kier molecular flexibility index (Phi) is 6.02. The third-order valence-corrected chi connectivity index (χ3v) is 4.11. The van der Waals surface area contributed by atoms with Crippen molar-refractivity contribution in [2.45, 2.75) is 40.5 Å². The molecule has 0 bridgehead atoms. The van der Waals surface area contributed by atoms with Gasteiger partial charge in [0.2, 0.25) is 5.78 Å². The van der Waals surface area contributed by atoms with E-state index in [1.807, 2.05) is 24.3 Å². The molecule has 0 saturated carbocycles. The van der Waals surface area contributed by atoms with Crippen LogP contribution in [0.1, 0.15) is 64.4 Å². The summed E-state index contributed by atoms with van der Waals surface area (Å²) in [5.74, 6) is 0.471. The smallest absolute Gasteiger partial charge is 0.355 e. The summed E-state index contributed by atoms with van der Waals surface area (Å²) in [5.41, 5.74) is 3.27. The number of esters is 1. The number of Topliss-reactive ketones (excluding diaryl/α,β-unsaturated/α-hetero) is 1. The maximum Gasteiger partial charge on any atom is 0.355 e. The van der Waals surface area contributed by atoms with Gasteiger partial charge in [-0.25, -0.2) is 4.79 Å². The first-order valence-corrected chi connectivity index (χ1v) is 8.47. The van der Waals surface area contributed by atoms with Gasteiger partial charge in [-0.05, 0) is 49.9 Å². The van der Waals surface area contributed by atoms with Crippen molar-refractivity contribution in [3.63, 3.8) is 0 Å². The number of aryl methyl sites for hydroxylation is 1. The molecular weight excluding hydrogens is 318 g/mol. The zero-order valence-corrected chi connectivity index (χ0v) is 15.4. The SMILES string of the molecule is CCOC(=O)c1[nH]c(C)c(C(=O)COc2ccc(C(C)C)cc2)c1C. The van der Waals surface area contributed by atoms with E-state index in [4.69, 9.17) is 9.47 Å². The van der Waals surface area contributed by atoms with E-state index in [2.05, 4.69) is 18.8 Å². The Bertz CT molecular complexity index is 757. The molecule has 134 valence electrons. The van der Waals surface area contributed by atoms with Gasteiger partial charge in [-0.3, -0.25) is 4.79 Å². The Morgan fingerprint density at radius 3 is 2.32 bits per heavy atom. The van der Waals surface area contributed by atoms with Crippen LogP contribution in [0.5, 0.6) is 5.75 Å². The largest absolute Gasteiger partial charge is 0.485 e. The Hall–Kier alpha value is -2.56. The van der Waals surface area contributed by atoms with E-state index in [-0.39, 0.29) is 19.0 Å². The van der Waals surface area contributed by atoms with Crippen molar-refractivity contribution in [1.29, 1.82) is 0 Å². The number of H-pyrrole nitrogens is 1. The molecule has 2 aromatic rings. The lowest BCUT2D eigenvalue weighted by Crippen LogP contribution is -2.13. The van der Waals surface area contributed by atoms with E-state index in [1.54, 1.807) is 20.8 Å². The topological polar surface area (TPSA) is 68.4 Å². The van der Waals surface area contributed by atoms with Gasteiger partial charge >= 0.3 is 5.97 Å². The van der Waals surface area contributed by atoms with Crippen LogP contribution in [0.4, 0.5) is 0 Å². The summed E-state index contributed by atoms with van der Waals surface area (Å²) in [6.07, 6.45) is 0. The average molecular weight is 343 g/mol. The van der Waals surface area contributed by atoms with Crippen molar-refractivity contribution in [2.24, 2.45) is 0 Å². The van der Waals surface area contributed by atoms with Gasteiger partial charge in [-0.2, -0.15) is 0 Å². The van der Waals surface area contributed by atoms with Gasteiger partial charge in [0.1, 0.15) is 11.4 Å². The lowest BCUT2D eigenvalue weighted by atomic mass is 10.0. The molecule has 1 N–H and O–H groups in total. The van der Waals surface area contributed by atoms with E-state index in [9.17, 15) is 9.59 Å². The predicted molar refractivity (Wildman–Crippen MR) is 96.6 cm³/mol. The number of ketones is 1. The first-order chi connectivity index (χ1) is 11.8. The van der Waals surface area contributed by atoms with Crippen LogP contribution in [-0.2, 0) is 4.74 Å². The summed E-state index contributed by atoms with van der Waals surface area (Å²) in [7, 11) is 0. The molecule has 0 aliphatic heterocycles. The normalized spacial score (nSPS) is 10.8. The number of nitrogens with one attached hydrogen (secondary N) is 1. The van der Waals surface area contributed by atoms with Crippen molar-refractivity contribution in [3.05, 3.63) is 52.3 Å². The molecule has 0 aliphatic carbocycles. The lowest BCUT2D eigenvalue weighted by molar-refractivity contribution is 0.0519. The molecule has 1 aromatic heterocycles. The highest BCUT2D eigenvalue weighted by molar-refractivity contribution is 6.03. The van der Waals surface area contributed by atoms with E-state index in [1.165, 1.54) is 5.56 Å². The molecule has 0 atom stereocenters. The number of ether oxygens (including phenoxy) is 2. The number of carbonyl (C=O) groups is 2. The first-order valence-electron chi connectivity index (χ1n) is 8.47. The standard InChI is InChI=1S/C20H25NO4/c1-6-24-20(23)19-13(4)18(14(5)21-19)17(22)11-25-16-9-7-15(8-10-16)12(2)3/h7-10,12,21H,6,11H2,1-5H3. The Morgan fingerprint density at radius 1 is 1.12 bits per heavy atom. The second kappa shape index (κ2) is 8.01. The molecule has 5 nitrogen and oxygen atoms in total. The number of benzene rings is 1. The van der Waals surface area contributed by atoms with E-state index in [0.29, 0.717) is 34.2 Å².